The fraction of sp³-hybridized carbons (Fsp3) is 0.273. The minimum absolute atomic E-state index is 0.0219. The zero-order valence-electron chi connectivity index (χ0n) is 10.2. The van der Waals surface area contributed by atoms with Crippen LogP contribution in [0.25, 0.3) is 0 Å². The number of carboxylic acids is 1. The molecule has 19 heavy (non-hydrogen) atoms. The van der Waals surface area contributed by atoms with Crippen LogP contribution < -0.4 is 9.47 Å². The van der Waals surface area contributed by atoms with Crippen molar-refractivity contribution in [1.82, 2.24) is 0 Å². The van der Waals surface area contributed by atoms with Gasteiger partial charge in [-0.15, -0.1) is 0 Å². The zero-order chi connectivity index (χ0) is 14.6. The van der Waals surface area contributed by atoms with Crippen molar-refractivity contribution in [3.05, 3.63) is 27.8 Å². The van der Waals surface area contributed by atoms with Crippen molar-refractivity contribution < 1.29 is 29.1 Å². The van der Waals surface area contributed by atoms with Gasteiger partial charge in [0.1, 0.15) is 0 Å². The van der Waals surface area contributed by atoms with E-state index in [1.165, 1.54) is 20.3 Å². The first-order valence-electron chi connectivity index (χ1n) is 5.06. The third-order valence-corrected chi connectivity index (χ3v) is 2.40. The minimum atomic E-state index is -1.67. The number of carbonyl (C=O) groups excluding carboxylic acids is 1. The highest BCUT2D eigenvalue weighted by Gasteiger charge is 2.26. The van der Waals surface area contributed by atoms with E-state index in [-0.39, 0.29) is 17.1 Å². The molecule has 0 unspecified atom stereocenters. The Morgan fingerprint density at radius 3 is 2.37 bits per heavy atom. The molecule has 1 N–H and O–H groups in total. The summed E-state index contributed by atoms with van der Waals surface area (Å²) >= 11 is 0. The lowest BCUT2D eigenvalue weighted by Crippen LogP contribution is -2.16. The van der Waals surface area contributed by atoms with Crippen molar-refractivity contribution in [3.63, 3.8) is 0 Å². The monoisotopic (exact) mass is 269 g/mol. The maximum absolute atomic E-state index is 11.2. The van der Waals surface area contributed by atoms with Crippen LogP contribution in [-0.4, -0.2) is 36.0 Å². The van der Waals surface area contributed by atoms with Gasteiger partial charge in [0.2, 0.25) is 5.78 Å². The summed E-state index contributed by atoms with van der Waals surface area (Å²) in [6.07, 6.45) is -0.647. The second-order valence-corrected chi connectivity index (χ2v) is 3.46. The van der Waals surface area contributed by atoms with E-state index in [0.29, 0.717) is 0 Å². The van der Waals surface area contributed by atoms with Crippen LogP contribution in [0.15, 0.2) is 12.1 Å². The van der Waals surface area contributed by atoms with Gasteiger partial charge in [-0.1, -0.05) is 0 Å². The Hall–Kier alpha value is -2.64. The molecule has 0 fully saturated rings. The predicted molar refractivity (Wildman–Crippen MR) is 62.5 cm³/mol. The van der Waals surface area contributed by atoms with Crippen molar-refractivity contribution in [1.29, 1.82) is 0 Å². The van der Waals surface area contributed by atoms with E-state index in [4.69, 9.17) is 14.6 Å². The SMILES string of the molecule is COc1ccc([N+](=O)[O-])c(CC(=O)C(=O)O)c1OC. The molecule has 0 bridgehead atoms. The summed E-state index contributed by atoms with van der Waals surface area (Å²) in [5.41, 5.74) is -0.522. The first kappa shape index (κ1) is 14.4. The van der Waals surface area contributed by atoms with Crippen LogP contribution in [0.2, 0.25) is 0 Å². The smallest absolute Gasteiger partial charge is 0.372 e. The number of benzene rings is 1. The van der Waals surface area contributed by atoms with Gasteiger partial charge in [0, 0.05) is 6.07 Å². The molecule has 0 aliphatic carbocycles. The molecule has 0 heterocycles. The summed E-state index contributed by atoms with van der Waals surface area (Å²) in [6.45, 7) is 0. The number of nitro groups is 1. The number of hydrogen-bond acceptors (Lipinski definition) is 6. The first-order chi connectivity index (χ1) is 8.92. The summed E-state index contributed by atoms with van der Waals surface area (Å²) in [6, 6.07) is 2.44. The van der Waals surface area contributed by atoms with Gasteiger partial charge in [0.05, 0.1) is 31.1 Å². The molecular formula is C11H11NO7. The number of carbonyl (C=O) groups is 2. The van der Waals surface area contributed by atoms with E-state index in [1.54, 1.807) is 0 Å². The number of methoxy groups -OCH3 is 2. The number of Topliss-reactive ketones (excluding diaryl/α,β-unsaturated/α-hetero) is 1. The quantitative estimate of drug-likeness (QED) is 0.461. The van der Waals surface area contributed by atoms with Crippen LogP contribution >= 0.6 is 0 Å². The molecule has 0 aliphatic rings. The first-order valence-corrected chi connectivity index (χ1v) is 5.06. The molecule has 0 saturated heterocycles. The van der Waals surface area contributed by atoms with E-state index >= 15 is 0 Å². The average molecular weight is 269 g/mol. The molecule has 0 aromatic heterocycles. The fourth-order valence-corrected chi connectivity index (χ4v) is 1.56. The molecule has 0 aliphatic heterocycles. The van der Waals surface area contributed by atoms with Crippen molar-refractivity contribution in [2.45, 2.75) is 6.42 Å². The number of ketones is 1. The van der Waals surface area contributed by atoms with E-state index < -0.39 is 28.8 Å². The molecule has 0 saturated carbocycles. The molecule has 1 aromatic rings. The van der Waals surface area contributed by atoms with Gasteiger partial charge in [-0.3, -0.25) is 14.9 Å². The lowest BCUT2D eigenvalue weighted by atomic mass is 10.0. The Labute approximate surface area is 107 Å². The van der Waals surface area contributed by atoms with E-state index in [2.05, 4.69) is 0 Å². The van der Waals surface area contributed by atoms with Crippen molar-refractivity contribution in [2.24, 2.45) is 0 Å². The van der Waals surface area contributed by atoms with Gasteiger partial charge in [-0.25, -0.2) is 4.79 Å². The lowest BCUT2D eigenvalue weighted by Gasteiger charge is -2.11. The second kappa shape index (κ2) is 5.80. The van der Waals surface area contributed by atoms with E-state index in [0.717, 1.165) is 6.07 Å². The maximum Gasteiger partial charge on any atom is 0.372 e. The molecule has 0 atom stereocenters. The van der Waals surface area contributed by atoms with Crippen LogP contribution in [0.3, 0.4) is 0 Å². The highest BCUT2D eigenvalue weighted by molar-refractivity contribution is 6.33. The molecule has 8 nitrogen and oxygen atoms in total. The summed E-state index contributed by atoms with van der Waals surface area (Å²) in [7, 11) is 2.57. The number of ether oxygens (including phenoxy) is 2. The van der Waals surface area contributed by atoms with Gasteiger partial charge in [0.15, 0.2) is 11.5 Å². The molecule has 102 valence electrons. The minimum Gasteiger partial charge on any atom is -0.493 e. The molecule has 8 heteroatoms. The topological polar surface area (TPSA) is 116 Å². The maximum atomic E-state index is 11.2. The third-order valence-electron chi connectivity index (χ3n) is 2.40. The van der Waals surface area contributed by atoms with Crippen molar-refractivity contribution in [2.75, 3.05) is 14.2 Å². The van der Waals surface area contributed by atoms with Crippen LogP contribution in [-0.2, 0) is 16.0 Å². The number of rotatable bonds is 6. The van der Waals surface area contributed by atoms with Crippen molar-refractivity contribution >= 4 is 17.4 Å². The fourth-order valence-electron chi connectivity index (χ4n) is 1.56. The normalized spacial score (nSPS) is 9.79. The summed E-state index contributed by atoms with van der Waals surface area (Å²) in [4.78, 5) is 32.0. The third kappa shape index (κ3) is 2.97. The largest absolute Gasteiger partial charge is 0.493 e. The van der Waals surface area contributed by atoms with Crippen LogP contribution in [0.5, 0.6) is 11.5 Å². The standard InChI is InChI=1S/C11H11NO7/c1-18-9-4-3-7(12(16)17)6(10(9)19-2)5-8(13)11(14)15/h3-4H,5H2,1-2H3,(H,14,15). The Balaban J connectivity index is 3.41. The van der Waals surface area contributed by atoms with Gasteiger partial charge in [-0.05, 0) is 6.07 Å². The van der Waals surface area contributed by atoms with E-state index in [1.807, 2.05) is 0 Å². The number of carboxylic acid groups (broad SMARTS) is 1. The molecule has 1 rings (SSSR count). The summed E-state index contributed by atoms with van der Waals surface area (Å²) < 4.78 is 9.91. The number of aliphatic carboxylic acids is 1. The summed E-state index contributed by atoms with van der Waals surface area (Å²) in [5, 5.41) is 19.5. The van der Waals surface area contributed by atoms with Gasteiger partial charge in [0.25, 0.3) is 5.69 Å². The Kier molecular flexibility index (Phi) is 4.41. The second-order valence-electron chi connectivity index (χ2n) is 3.46. The summed E-state index contributed by atoms with van der Waals surface area (Å²) in [5.74, 6) is -2.68. The Morgan fingerprint density at radius 1 is 1.32 bits per heavy atom. The highest BCUT2D eigenvalue weighted by atomic mass is 16.6. The predicted octanol–water partition coefficient (Wildman–Crippen LogP) is 0.808. The molecule has 0 radical (unpaired) electrons. The molecule has 0 amide bonds. The average Bonchev–Trinajstić information content (AvgIpc) is 2.37. The van der Waals surface area contributed by atoms with Crippen LogP contribution in [0, 0.1) is 10.1 Å². The van der Waals surface area contributed by atoms with Crippen LogP contribution in [0.4, 0.5) is 5.69 Å². The number of nitrogens with zero attached hydrogens (tertiary/aromatic N) is 1. The van der Waals surface area contributed by atoms with Gasteiger partial charge < -0.3 is 14.6 Å². The lowest BCUT2D eigenvalue weighted by molar-refractivity contribution is -0.385. The van der Waals surface area contributed by atoms with E-state index in [9.17, 15) is 19.7 Å². The van der Waals surface area contributed by atoms with Gasteiger partial charge >= 0.3 is 5.97 Å². The number of hydrogen-bond donors (Lipinski definition) is 1. The van der Waals surface area contributed by atoms with Crippen molar-refractivity contribution in [3.8, 4) is 11.5 Å². The molecular weight excluding hydrogens is 258 g/mol. The zero-order valence-corrected chi connectivity index (χ0v) is 10.2. The Morgan fingerprint density at radius 2 is 1.95 bits per heavy atom. The van der Waals surface area contributed by atoms with Gasteiger partial charge in [-0.2, -0.15) is 0 Å². The number of nitro benzene ring substituents is 1. The Bertz CT molecular complexity index is 538. The van der Waals surface area contributed by atoms with Crippen LogP contribution in [0.1, 0.15) is 5.56 Å². The highest BCUT2D eigenvalue weighted by Crippen LogP contribution is 2.37. The molecule has 0 spiro atoms. The molecule has 1 aromatic carbocycles.